The Morgan fingerprint density at radius 2 is 0.885 bits per heavy atom. The van der Waals surface area contributed by atoms with Crippen molar-refractivity contribution in [3.05, 3.63) is 263 Å². The van der Waals surface area contributed by atoms with Crippen molar-refractivity contribution in [1.29, 1.82) is 0 Å². The van der Waals surface area contributed by atoms with Crippen LogP contribution >= 0.6 is 0 Å². The average molecular weight is 1760 g/mol. The van der Waals surface area contributed by atoms with E-state index in [0.717, 1.165) is 200 Å². The number of aromatic nitrogens is 18. The molecule has 0 aromatic carbocycles. The highest BCUT2D eigenvalue weighted by molar-refractivity contribution is 5.72. The van der Waals surface area contributed by atoms with Crippen molar-refractivity contribution in [3.63, 3.8) is 0 Å². The maximum absolute atomic E-state index is 13.2. The van der Waals surface area contributed by atoms with Crippen LogP contribution in [-0.4, -0.2) is 214 Å². The van der Waals surface area contributed by atoms with E-state index in [2.05, 4.69) is 114 Å². The molecule has 5 saturated heterocycles. The fourth-order valence-electron chi connectivity index (χ4n) is 19.4. The Bertz CT molecular complexity index is 7160. The van der Waals surface area contributed by atoms with Gasteiger partial charge in [0.05, 0.1) is 136 Å². The van der Waals surface area contributed by atoms with Gasteiger partial charge in [0, 0.05) is 110 Å². The van der Waals surface area contributed by atoms with Gasteiger partial charge in [0.15, 0.2) is 5.79 Å². The number of likely N-dealkylation sites (tertiary alicyclic amines) is 2. The zero-order valence-electron chi connectivity index (χ0n) is 76.1. The zero-order chi connectivity index (χ0) is 90.5. The molecule has 5 fully saturated rings. The molecule has 21 rings (SSSR count). The second-order valence-corrected chi connectivity index (χ2v) is 36.1. The molecule has 674 valence electrons. The molecule has 2 atom stereocenters. The van der Waals surface area contributed by atoms with Crippen LogP contribution in [0.1, 0.15) is 167 Å². The van der Waals surface area contributed by atoms with Crippen molar-refractivity contribution in [1.82, 2.24) is 106 Å². The van der Waals surface area contributed by atoms with Crippen molar-refractivity contribution in [2.75, 3.05) is 83.7 Å². The minimum Gasteiger partial charge on any atom is -0.395 e. The van der Waals surface area contributed by atoms with Crippen LogP contribution in [0.4, 0.5) is 5.69 Å². The second kappa shape index (κ2) is 37.2. The molecule has 0 radical (unpaired) electrons. The van der Waals surface area contributed by atoms with Gasteiger partial charge in [-0.05, 0) is 254 Å². The van der Waals surface area contributed by atoms with Gasteiger partial charge in [-0.2, -0.15) is 10.2 Å². The SMILES string of the molecule is CCc1cc(-c2cc(=O)n3cc(C4CCNCC4)ccc3n2)cn2cc(C)nc12.CCc1nc(C)cn2nc(-c3cc(=O)n4cc(C5CCN(C(CO)CO)CC5)ccc4n3)cc12.CCc1nc(C)cn2nc(-c3cc(=O)n4cc(C5CCN(C6COC(C)(C)OC6)CC5)ccc4n3)cc12.Cc1cn2cc(-c3cc(=O)n4cc(N5C[C@@H](C)N[C@@H](C)C5)ccc4n3)cc2c(C)n1. The minimum absolute atomic E-state index is 0.0390. The van der Waals surface area contributed by atoms with Crippen molar-refractivity contribution < 1.29 is 19.7 Å². The van der Waals surface area contributed by atoms with Crippen LogP contribution in [0.5, 0.6) is 0 Å². The molecule has 0 spiro atoms. The van der Waals surface area contributed by atoms with E-state index in [9.17, 15) is 29.4 Å². The zero-order valence-corrected chi connectivity index (χ0v) is 76.1. The first-order valence-electron chi connectivity index (χ1n) is 45.8. The van der Waals surface area contributed by atoms with E-state index in [4.69, 9.17) is 29.4 Å². The molecular weight excluding hydrogens is 1640 g/mol. The number of piperidine rings is 3. The van der Waals surface area contributed by atoms with Gasteiger partial charge in [-0.15, -0.1) is 0 Å². The molecule has 5 aliphatic heterocycles. The lowest BCUT2D eigenvalue weighted by atomic mass is 9.90. The summed E-state index contributed by atoms with van der Waals surface area (Å²) in [5, 5.41) is 35.2. The molecular formula is C99H115N23O8. The van der Waals surface area contributed by atoms with Gasteiger partial charge in [0.2, 0.25) is 0 Å². The Hall–Kier alpha value is -12.5. The Kier molecular flexibility index (Phi) is 25.2. The van der Waals surface area contributed by atoms with Gasteiger partial charge in [-0.25, -0.2) is 34.0 Å². The summed E-state index contributed by atoms with van der Waals surface area (Å²) in [7, 11) is 0. The lowest BCUT2D eigenvalue weighted by Gasteiger charge is -2.42. The average Bonchev–Trinajstić information content (AvgIpc) is 1.41. The van der Waals surface area contributed by atoms with Crippen LogP contribution in [0.25, 0.3) is 90.1 Å². The van der Waals surface area contributed by atoms with Gasteiger partial charge >= 0.3 is 0 Å². The van der Waals surface area contributed by atoms with Gasteiger partial charge in [0.25, 0.3) is 22.2 Å². The van der Waals surface area contributed by atoms with E-state index >= 15 is 0 Å². The Balaban J connectivity index is 0.000000117. The normalized spacial score (nSPS) is 17.7. The molecule has 0 unspecified atom stereocenters. The number of aliphatic hydroxyl groups excluding tert-OH is 2. The number of aliphatic hydroxyl groups is 2. The fraction of sp³-hybridized carbons (Fsp3) is 0.414. The quantitative estimate of drug-likeness (QED) is 0.0741. The highest BCUT2D eigenvalue weighted by Gasteiger charge is 2.35. The van der Waals surface area contributed by atoms with Crippen molar-refractivity contribution in [2.45, 2.75) is 189 Å². The molecule has 0 saturated carbocycles. The number of rotatable bonds is 15. The largest absolute Gasteiger partial charge is 0.395 e. The van der Waals surface area contributed by atoms with Gasteiger partial charge in [-0.3, -0.25) is 61.5 Å². The maximum atomic E-state index is 13.2. The highest BCUT2D eigenvalue weighted by atomic mass is 16.7. The molecule has 31 heteroatoms. The van der Waals surface area contributed by atoms with Gasteiger partial charge < -0.3 is 44.0 Å². The predicted molar refractivity (Wildman–Crippen MR) is 504 cm³/mol. The monoisotopic (exact) mass is 1750 g/mol. The van der Waals surface area contributed by atoms with E-state index in [1.54, 1.807) is 41.9 Å². The first kappa shape index (κ1) is 88.2. The smallest absolute Gasteiger partial charge is 0.258 e. The number of piperazine rings is 1. The third kappa shape index (κ3) is 18.6. The van der Waals surface area contributed by atoms with E-state index in [1.165, 1.54) is 11.1 Å². The number of pyridine rings is 5. The lowest BCUT2D eigenvalue weighted by molar-refractivity contribution is -0.264. The van der Waals surface area contributed by atoms with E-state index < -0.39 is 5.79 Å². The van der Waals surface area contributed by atoms with Crippen LogP contribution in [-0.2, 0) is 28.7 Å². The number of aryl methyl sites for hydroxylation is 8. The van der Waals surface area contributed by atoms with Gasteiger partial charge in [-0.1, -0.05) is 39.0 Å². The number of nitrogens with one attached hydrogen (secondary N) is 2. The summed E-state index contributed by atoms with van der Waals surface area (Å²) in [6.07, 6.45) is 28.2. The van der Waals surface area contributed by atoms with Gasteiger partial charge in [0.1, 0.15) is 39.6 Å². The number of imidazole rings is 1. The lowest BCUT2D eigenvalue weighted by Crippen LogP contribution is -2.54. The number of hydrogen-bond donors (Lipinski definition) is 4. The van der Waals surface area contributed by atoms with Crippen LogP contribution in [0, 0.1) is 34.6 Å². The van der Waals surface area contributed by atoms with Crippen molar-refractivity contribution >= 4 is 50.5 Å². The summed E-state index contributed by atoms with van der Waals surface area (Å²) in [5.41, 5.74) is 24.1. The highest BCUT2D eigenvalue weighted by Crippen LogP contribution is 2.35. The summed E-state index contributed by atoms with van der Waals surface area (Å²) >= 11 is 0. The summed E-state index contributed by atoms with van der Waals surface area (Å²) in [5.74, 6) is 0.759. The molecule has 0 bridgehead atoms. The maximum Gasteiger partial charge on any atom is 0.258 e. The van der Waals surface area contributed by atoms with Crippen LogP contribution in [0.2, 0.25) is 0 Å². The molecule has 31 nitrogen and oxygen atoms in total. The third-order valence-corrected chi connectivity index (χ3v) is 26.2. The summed E-state index contributed by atoms with van der Waals surface area (Å²) in [6.45, 7) is 33.3. The molecule has 5 aliphatic rings. The first-order valence-corrected chi connectivity index (χ1v) is 45.8. The molecule has 4 N–H and O–H groups in total. The number of anilines is 1. The van der Waals surface area contributed by atoms with Crippen molar-refractivity contribution in [3.8, 4) is 45.3 Å². The summed E-state index contributed by atoms with van der Waals surface area (Å²) < 4.78 is 26.0. The van der Waals surface area contributed by atoms with E-state index in [-0.39, 0.29) is 41.5 Å². The van der Waals surface area contributed by atoms with Crippen molar-refractivity contribution in [2.24, 2.45) is 0 Å². The molecule has 16 aromatic heterocycles. The first-order chi connectivity index (χ1) is 62.8. The fourth-order valence-corrected chi connectivity index (χ4v) is 19.4. The second-order valence-electron chi connectivity index (χ2n) is 36.1. The van der Waals surface area contributed by atoms with Crippen LogP contribution in [0.15, 0.2) is 178 Å². The molecule has 16 aromatic rings. The molecule has 0 amide bonds. The number of ether oxygens (including phenoxy) is 2. The van der Waals surface area contributed by atoms with E-state index in [1.807, 2.05) is 177 Å². The predicted octanol–water partition coefficient (Wildman–Crippen LogP) is 11.6. The Morgan fingerprint density at radius 3 is 1.38 bits per heavy atom. The van der Waals surface area contributed by atoms with Crippen LogP contribution in [0.3, 0.4) is 0 Å². The Labute approximate surface area is 752 Å². The number of fused-ring (bicyclic) bond motifs is 8. The molecule has 0 aliphatic carbocycles. The van der Waals surface area contributed by atoms with Crippen LogP contribution < -0.4 is 37.8 Å². The van der Waals surface area contributed by atoms with E-state index in [0.29, 0.717) is 106 Å². The molecule has 130 heavy (non-hydrogen) atoms. The standard InChI is InChI=1S/C28H34N6O3.C25H30N6O3.C23H26N6O.C23H25N5O/c1-5-22-25-12-24(31-34(25)14-18(2)29-22)23-13-27(35)33-15-20(6-7-26(33)30-23)19-8-10-32(11-9-19)21-16-36-28(3,4)37-17-21;1-3-20-23-10-22(28-31(23)12-16(2)26-20)21-11-25(34)30-13-18(4-5-24(30)27-21)17-6-8-29(9-7-17)19(14-32)15-33;1-14-9-27(10-15(2)24-14)19-5-6-22-26-20(8-23(30)29(22)13-19)18-7-21-17(4)25-16(3)11-28(21)12-18;1-3-16-10-19(13-27-12-15(2)25-23(16)27)20-11-22(29)28-14-18(4-5-21(28)26-20)17-6-8-24-9-7-17/h6-7,12-15,19,21H,5,8-11,16-17H2,1-4H3;4-5,10-13,17,19,32-33H,3,6-9,14-15H2,1-2H3;5-8,11-15,24H,9-10H2,1-4H3;4-5,10-14,17,24H,3,6-9H2,1-2H3/t;;14-,15+;. The third-order valence-electron chi connectivity index (χ3n) is 26.2. The molecule has 21 heterocycles. The number of nitrogens with zero attached hydrogens (tertiary/aromatic N) is 21. The summed E-state index contributed by atoms with van der Waals surface area (Å²) in [4.78, 5) is 96.4. The topological polar surface area (TPSA) is 325 Å². The Morgan fingerprint density at radius 1 is 0.446 bits per heavy atom. The number of hydrogen-bond acceptors (Lipinski definition) is 23. The minimum atomic E-state index is -0.485. The summed E-state index contributed by atoms with van der Waals surface area (Å²) in [6, 6.07) is 31.5.